The molecule has 7 heteroatoms. The van der Waals surface area contributed by atoms with Gasteiger partial charge in [-0.1, -0.05) is 58.5 Å². The van der Waals surface area contributed by atoms with Gasteiger partial charge in [0.25, 0.3) is 0 Å². The fraction of sp³-hybridized carbons (Fsp3) is 0.273. The number of carbonyl (C=O) groups is 2. The van der Waals surface area contributed by atoms with Gasteiger partial charge in [-0.15, -0.1) is 0 Å². The summed E-state index contributed by atoms with van der Waals surface area (Å²) in [5.74, 6) is 0.0680. The predicted octanol–water partition coefficient (Wildman–Crippen LogP) is 4.02. The van der Waals surface area contributed by atoms with Crippen molar-refractivity contribution in [2.75, 3.05) is 0 Å². The van der Waals surface area contributed by atoms with Crippen molar-refractivity contribution < 1.29 is 14.3 Å². The fourth-order valence-corrected chi connectivity index (χ4v) is 1.34. The zero-order valence-electron chi connectivity index (χ0n) is 9.12. The van der Waals surface area contributed by atoms with Crippen LogP contribution in [0.3, 0.4) is 0 Å². The minimum Gasteiger partial charge on any atom is -0.467 e. The Balaban J connectivity index is 3.20. The molecule has 0 saturated carbocycles. The zero-order chi connectivity index (χ0) is 14.0. The summed E-state index contributed by atoms with van der Waals surface area (Å²) in [4.78, 5) is 21.7. The van der Waals surface area contributed by atoms with Gasteiger partial charge >= 0.3 is 0 Å². The van der Waals surface area contributed by atoms with E-state index in [1.165, 1.54) is 25.1 Å². The molecular formula is C11H8Cl4O3. The fourth-order valence-electron chi connectivity index (χ4n) is 1.14. The number of benzene rings is 1. The van der Waals surface area contributed by atoms with E-state index < -0.39 is 8.85 Å². The van der Waals surface area contributed by atoms with Crippen LogP contribution in [0.25, 0.3) is 0 Å². The second kappa shape index (κ2) is 5.66. The Kier molecular flexibility index (Phi) is 4.90. The van der Waals surface area contributed by atoms with Gasteiger partial charge in [-0.25, -0.2) is 0 Å². The number of hydrogen-bond donors (Lipinski definition) is 0. The highest BCUT2D eigenvalue weighted by molar-refractivity contribution is 6.70. The molecule has 0 amide bonds. The molecule has 1 rings (SSSR count). The summed E-state index contributed by atoms with van der Waals surface area (Å²) in [5, 5.41) is -1.68. The molecule has 98 valence electrons. The Bertz CT molecular complexity index is 466. The number of ether oxygens (including phenoxy) is 1. The van der Waals surface area contributed by atoms with Gasteiger partial charge in [0.15, 0.2) is 12.6 Å². The van der Waals surface area contributed by atoms with Gasteiger partial charge in [0, 0.05) is 5.56 Å². The Hall–Kier alpha value is -0.480. The minimum atomic E-state index is -1.91. The SMILES string of the molecule is CC(Cl)(Oc1cccc(C=O)c1C=O)C(Cl)(Cl)Cl. The van der Waals surface area contributed by atoms with Crippen molar-refractivity contribution in [3.63, 3.8) is 0 Å². The summed E-state index contributed by atoms with van der Waals surface area (Å²) in [5.41, 5.74) is 0.216. The van der Waals surface area contributed by atoms with Gasteiger partial charge in [-0.05, 0) is 13.0 Å². The minimum absolute atomic E-state index is 0.0497. The monoisotopic (exact) mass is 328 g/mol. The van der Waals surface area contributed by atoms with E-state index in [9.17, 15) is 9.59 Å². The third-order valence-electron chi connectivity index (χ3n) is 2.15. The van der Waals surface area contributed by atoms with Crippen molar-refractivity contribution in [1.29, 1.82) is 0 Å². The van der Waals surface area contributed by atoms with E-state index in [4.69, 9.17) is 51.1 Å². The maximum absolute atomic E-state index is 11.0. The molecule has 1 aromatic carbocycles. The van der Waals surface area contributed by atoms with Crippen LogP contribution in [0.1, 0.15) is 27.6 Å². The summed E-state index contributed by atoms with van der Waals surface area (Å²) in [6, 6.07) is 4.44. The molecule has 0 aliphatic heterocycles. The lowest BCUT2D eigenvalue weighted by Gasteiger charge is -2.31. The molecule has 0 heterocycles. The number of alkyl halides is 4. The van der Waals surface area contributed by atoms with Crippen LogP contribution in [0.5, 0.6) is 5.75 Å². The molecule has 1 unspecified atom stereocenters. The molecule has 0 aliphatic rings. The Labute approximate surface area is 124 Å². The van der Waals surface area contributed by atoms with Gasteiger partial charge in [0.1, 0.15) is 5.75 Å². The van der Waals surface area contributed by atoms with Crippen molar-refractivity contribution in [3.8, 4) is 5.75 Å². The topological polar surface area (TPSA) is 43.4 Å². The first-order valence-electron chi connectivity index (χ1n) is 4.71. The molecule has 0 fully saturated rings. The van der Waals surface area contributed by atoms with Crippen LogP contribution < -0.4 is 4.74 Å². The average Bonchev–Trinajstić information content (AvgIpc) is 2.26. The highest BCUT2D eigenvalue weighted by Crippen LogP contribution is 2.44. The number of hydrogen-bond acceptors (Lipinski definition) is 3. The van der Waals surface area contributed by atoms with Gasteiger partial charge in [-0.2, -0.15) is 0 Å². The molecule has 1 aromatic rings. The molecule has 0 aromatic heterocycles. The van der Waals surface area contributed by atoms with Gasteiger partial charge in [0.05, 0.1) is 5.56 Å². The summed E-state index contributed by atoms with van der Waals surface area (Å²) >= 11 is 22.9. The molecule has 0 saturated heterocycles. The predicted molar refractivity (Wildman–Crippen MR) is 72.4 cm³/mol. The number of aldehydes is 2. The summed E-state index contributed by atoms with van der Waals surface area (Å²) < 4.78 is 3.40. The average molecular weight is 330 g/mol. The lowest BCUT2D eigenvalue weighted by atomic mass is 10.1. The van der Waals surface area contributed by atoms with Crippen LogP contribution in [0, 0.1) is 0 Å². The first-order chi connectivity index (χ1) is 8.23. The van der Waals surface area contributed by atoms with E-state index in [0.717, 1.165) is 0 Å². The molecule has 0 aliphatic carbocycles. The van der Waals surface area contributed by atoms with Crippen LogP contribution in [-0.2, 0) is 0 Å². The summed E-state index contributed by atoms with van der Waals surface area (Å²) in [6.45, 7) is 1.34. The van der Waals surface area contributed by atoms with E-state index in [1.807, 2.05) is 0 Å². The van der Waals surface area contributed by atoms with Crippen molar-refractivity contribution in [1.82, 2.24) is 0 Å². The van der Waals surface area contributed by atoms with Crippen LogP contribution in [0.15, 0.2) is 18.2 Å². The van der Waals surface area contributed by atoms with Gasteiger partial charge in [0.2, 0.25) is 8.85 Å². The van der Waals surface area contributed by atoms with Crippen molar-refractivity contribution >= 4 is 59.0 Å². The molecule has 0 radical (unpaired) electrons. The summed E-state index contributed by atoms with van der Waals surface area (Å²) in [6.07, 6.45) is 1.00. The lowest BCUT2D eigenvalue weighted by Crippen LogP contribution is -2.40. The van der Waals surface area contributed by atoms with E-state index in [0.29, 0.717) is 12.6 Å². The second-order valence-corrected chi connectivity index (χ2v) is 6.51. The molecule has 18 heavy (non-hydrogen) atoms. The summed E-state index contributed by atoms with van der Waals surface area (Å²) in [7, 11) is 0. The highest BCUT2D eigenvalue weighted by Gasteiger charge is 2.46. The zero-order valence-corrected chi connectivity index (χ0v) is 12.1. The van der Waals surface area contributed by atoms with Crippen LogP contribution in [0.4, 0.5) is 0 Å². The first-order valence-corrected chi connectivity index (χ1v) is 6.22. The number of halogens is 4. The smallest absolute Gasteiger partial charge is 0.243 e. The second-order valence-electron chi connectivity index (χ2n) is 3.51. The van der Waals surface area contributed by atoms with Crippen LogP contribution >= 0.6 is 46.4 Å². The molecular weight excluding hydrogens is 322 g/mol. The first kappa shape index (κ1) is 15.6. The van der Waals surface area contributed by atoms with Crippen molar-refractivity contribution in [3.05, 3.63) is 29.3 Å². The normalized spacial score (nSPS) is 14.7. The number of rotatable bonds is 4. The van der Waals surface area contributed by atoms with E-state index in [-0.39, 0.29) is 16.9 Å². The van der Waals surface area contributed by atoms with E-state index in [1.54, 1.807) is 0 Å². The maximum Gasteiger partial charge on any atom is 0.243 e. The molecule has 1 atom stereocenters. The maximum atomic E-state index is 11.0. The third-order valence-corrected chi connectivity index (χ3v) is 3.89. The molecule has 0 spiro atoms. The Morgan fingerprint density at radius 3 is 2.17 bits per heavy atom. The molecule has 0 bridgehead atoms. The Morgan fingerprint density at radius 1 is 1.11 bits per heavy atom. The molecule has 0 N–H and O–H groups in total. The van der Waals surface area contributed by atoms with Crippen LogP contribution in [-0.4, -0.2) is 21.4 Å². The third kappa shape index (κ3) is 3.29. The standard InChI is InChI=1S/C11H8Cl4O3/c1-10(12,11(13,14)15)18-9-4-2-3-7(5-16)8(9)6-17/h2-6H,1H3. The van der Waals surface area contributed by atoms with Crippen molar-refractivity contribution in [2.24, 2.45) is 0 Å². The van der Waals surface area contributed by atoms with E-state index >= 15 is 0 Å². The quantitative estimate of drug-likeness (QED) is 0.619. The van der Waals surface area contributed by atoms with E-state index in [2.05, 4.69) is 0 Å². The Morgan fingerprint density at radius 2 is 1.72 bits per heavy atom. The highest BCUT2D eigenvalue weighted by atomic mass is 35.6. The molecule has 3 nitrogen and oxygen atoms in total. The van der Waals surface area contributed by atoms with Crippen LogP contribution in [0.2, 0.25) is 0 Å². The van der Waals surface area contributed by atoms with Gasteiger partial charge < -0.3 is 4.74 Å². The lowest BCUT2D eigenvalue weighted by molar-refractivity contribution is 0.108. The van der Waals surface area contributed by atoms with Crippen molar-refractivity contribution in [2.45, 2.75) is 15.8 Å². The number of carbonyl (C=O) groups excluding carboxylic acids is 2. The van der Waals surface area contributed by atoms with Gasteiger partial charge in [-0.3, -0.25) is 9.59 Å². The largest absolute Gasteiger partial charge is 0.467 e.